The number of nitrogens with one attached hydrogen (secondary N) is 2. The second-order valence-corrected chi connectivity index (χ2v) is 6.15. The van der Waals surface area contributed by atoms with Gasteiger partial charge in [-0.25, -0.2) is 4.98 Å². The van der Waals surface area contributed by atoms with Crippen molar-refractivity contribution in [2.75, 3.05) is 5.43 Å². The van der Waals surface area contributed by atoms with E-state index in [9.17, 15) is 9.59 Å². The Bertz CT molecular complexity index is 1040. The molecular weight excluding hydrogens is 387 g/mol. The third kappa shape index (κ3) is 3.66. The zero-order valence-electron chi connectivity index (χ0n) is 12.4. The number of para-hydroxylation sites is 2. The minimum absolute atomic E-state index is 0.123. The van der Waals surface area contributed by atoms with Crippen LogP contribution in [0.15, 0.2) is 46.3 Å². The Morgan fingerprint density at radius 3 is 2.52 bits per heavy atom. The van der Waals surface area contributed by atoms with Crippen molar-refractivity contribution in [2.24, 2.45) is 5.10 Å². The number of hydrazone groups is 1. The van der Waals surface area contributed by atoms with Gasteiger partial charge in [0.1, 0.15) is 0 Å². The monoisotopic (exact) mass is 394 g/mol. The van der Waals surface area contributed by atoms with E-state index in [0.717, 1.165) is 0 Å². The smallest absolute Gasteiger partial charge is 0.276 e. The molecule has 0 saturated heterocycles. The first-order valence-corrected chi connectivity index (χ1v) is 8.06. The number of aldehydes is 1. The summed E-state index contributed by atoms with van der Waals surface area (Å²) in [6.45, 7) is 0. The predicted octanol–water partition coefficient (Wildman–Crippen LogP) is 3.90. The molecule has 2 N–H and O–H groups in total. The highest BCUT2D eigenvalue weighted by atomic mass is 35.5. The first kappa shape index (κ1) is 17.4. The molecule has 0 unspecified atom stereocenters. The number of rotatable bonds is 4. The summed E-state index contributed by atoms with van der Waals surface area (Å²) < 4.78 is 0. The van der Waals surface area contributed by atoms with Crippen molar-refractivity contribution in [2.45, 2.75) is 0 Å². The van der Waals surface area contributed by atoms with Gasteiger partial charge in [0.15, 0.2) is 17.7 Å². The number of benzene rings is 2. The summed E-state index contributed by atoms with van der Waals surface area (Å²) in [6, 6.07) is 9.87. The molecule has 0 atom stereocenters. The largest absolute Gasteiger partial charge is 0.319 e. The van der Waals surface area contributed by atoms with E-state index < -0.39 is 5.56 Å². The van der Waals surface area contributed by atoms with E-state index in [0.29, 0.717) is 22.3 Å². The number of aromatic amines is 1. The fraction of sp³-hybridized carbons (Fsp3) is 0. The van der Waals surface area contributed by atoms with E-state index in [1.807, 2.05) is 0 Å². The number of halogens is 3. The van der Waals surface area contributed by atoms with E-state index >= 15 is 0 Å². The van der Waals surface area contributed by atoms with Crippen LogP contribution in [0.2, 0.25) is 15.1 Å². The van der Waals surface area contributed by atoms with Gasteiger partial charge in [-0.15, -0.1) is 0 Å². The lowest BCUT2D eigenvalue weighted by atomic mass is 10.2. The van der Waals surface area contributed by atoms with E-state index in [-0.39, 0.29) is 27.1 Å². The molecule has 0 fully saturated rings. The predicted molar refractivity (Wildman–Crippen MR) is 100 cm³/mol. The van der Waals surface area contributed by atoms with Crippen LogP contribution in [0, 0.1) is 0 Å². The number of hydrogen-bond donors (Lipinski definition) is 2. The Morgan fingerprint density at radius 2 is 1.84 bits per heavy atom. The van der Waals surface area contributed by atoms with Crippen molar-refractivity contribution in [1.82, 2.24) is 9.97 Å². The SMILES string of the molecule is O=C/C(=N\Nc1c(Cl)cc(Cl)cc1Cl)c1nc2ccccc2[nH]c1=O. The molecule has 0 saturated carbocycles. The van der Waals surface area contributed by atoms with Gasteiger partial charge in [-0.05, 0) is 24.3 Å². The number of anilines is 1. The highest BCUT2D eigenvalue weighted by Crippen LogP contribution is 2.33. The number of fused-ring (bicyclic) bond motifs is 1. The minimum atomic E-state index is -0.542. The van der Waals surface area contributed by atoms with Crippen LogP contribution in [-0.4, -0.2) is 22.0 Å². The van der Waals surface area contributed by atoms with Gasteiger partial charge in [-0.1, -0.05) is 46.9 Å². The summed E-state index contributed by atoms with van der Waals surface area (Å²) in [5.41, 5.74) is 3.04. The number of nitrogens with zero attached hydrogens (tertiary/aromatic N) is 2. The summed E-state index contributed by atoms with van der Waals surface area (Å²) in [5, 5.41) is 4.69. The van der Waals surface area contributed by atoms with Crippen LogP contribution in [0.3, 0.4) is 0 Å². The molecule has 9 heteroatoms. The van der Waals surface area contributed by atoms with Gasteiger partial charge >= 0.3 is 0 Å². The molecule has 2 aromatic carbocycles. The molecule has 3 aromatic rings. The van der Waals surface area contributed by atoms with Crippen LogP contribution in [-0.2, 0) is 4.79 Å². The molecule has 0 radical (unpaired) electrons. The van der Waals surface area contributed by atoms with E-state index in [2.05, 4.69) is 20.5 Å². The summed E-state index contributed by atoms with van der Waals surface area (Å²) in [5.74, 6) is 0. The highest BCUT2D eigenvalue weighted by molar-refractivity contribution is 6.42. The number of carbonyl (C=O) groups excluding carboxylic acids is 1. The zero-order valence-corrected chi connectivity index (χ0v) is 14.7. The van der Waals surface area contributed by atoms with Crippen molar-refractivity contribution in [3.05, 3.63) is 67.5 Å². The average molecular weight is 396 g/mol. The van der Waals surface area contributed by atoms with Crippen LogP contribution in [0.5, 0.6) is 0 Å². The van der Waals surface area contributed by atoms with E-state index in [1.165, 1.54) is 12.1 Å². The van der Waals surface area contributed by atoms with Gasteiger partial charge in [0.25, 0.3) is 5.56 Å². The van der Waals surface area contributed by atoms with Gasteiger partial charge < -0.3 is 4.98 Å². The number of aromatic nitrogens is 2. The molecule has 0 bridgehead atoms. The third-order valence-electron chi connectivity index (χ3n) is 3.25. The Balaban J connectivity index is 2.03. The van der Waals surface area contributed by atoms with Crippen molar-refractivity contribution >= 4 is 63.5 Å². The molecule has 6 nitrogen and oxygen atoms in total. The van der Waals surface area contributed by atoms with Crippen LogP contribution < -0.4 is 11.0 Å². The quantitative estimate of drug-likeness (QED) is 0.398. The first-order valence-electron chi connectivity index (χ1n) is 6.92. The second kappa shape index (κ2) is 7.23. The molecule has 0 spiro atoms. The summed E-state index contributed by atoms with van der Waals surface area (Å²) in [6.07, 6.45) is 0.414. The fourth-order valence-electron chi connectivity index (χ4n) is 2.10. The van der Waals surface area contributed by atoms with Crippen molar-refractivity contribution in [3.63, 3.8) is 0 Å². The number of H-pyrrole nitrogens is 1. The Labute approximate surface area is 156 Å². The molecule has 0 aliphatic heterocycles. The van der Waals surface area contributed by atoms with Crippen LogP contribution in [0.4, 0.5) is 5.69 Å². The maximum Gasteiger partial charge on any atom is 0.276 e. The van der Waals surface area contributed by atoms with Gasteiger partial charge in [-0.2, -0.15) is 5.10 Å². The van der Waals surface area contributed by atoms with Crippen LogP contribution in [0.1, 0.15) is 5.69 Å². The van der Waals surface area contributed by atoms with Crippen molar-refractivity contribution in [1.29, 1.82) is 0 Å². The van der Waals surface area contributed by atoms with Crippen molar-refractivity contribution in [3.8, 4) is 0 Å². The van der Waals surface area contributed by atoms with Crippen LogP contribution >= 0.6 is 34.8 Å². The lowest BCUT2D eigenvalue weighted by Crippen LogP contribution is -2.22. The molecule has 25 heavy (non-hydrogen) atoms. The Kier molecular flexibility index (Phi) is 5.03. The molecule has 1 aromatic heterocycles. The summed E-state index contributed by atoms with van der Waals surface area (Å²) in [7, 11) is 0. The molecule has 1 heterocycles. The molecular formula is C16H9Cl3N4O2. The first-order chi connectivity index (χ1) is 12.0. The number of hydrogen-bond acceptors (Lipinski definition) is 5. The average Bonchev–Trinajstić information content (AvgIpc) is 2.57. The Hall–Kier alpha value is -2.41. The molecule has 0 aliphatic rings. The normalized spacial score (nSPS) is 11.6. The minimum Gasteiger partial charge on any atom is -0.319 e. The van der Waals surface area contributed by atoms with Crippen molar-refractivity contribution < 1.29 is 4.79 Å². The summed E-state index contributed by atoms with van der Waals surface area (Å²) in [4.78, 5) is 30.4. The topological polar surface area (TPSA) is 87.2 Å². The van der Waals surface area contributed by atoms with Gasteiger partial charge in [0, 0.05) is 5.02 Å². The molecule has 126 valence electrons. The molecule has 0 amide bonds. The van der Waals surface area contributed by atoms with Gasteiger partial charge in [-0.3, -0.25) is 15.0 Å². The molecule has 3 rings (SSSR count). The number of carbonyl (C=O) groups is 1. The highest BCUT2D eigenvalue weighted by Gasteiger charge is 2.13. The second-order valence-electron chi connectivity index (χ2n) is 4.90. The van der Waals surface area contributed by atoms with Crippen LogP contribution in [0.25, 0.3) is 11.0 Å². The fourth-order valence-corrected chi connectivity index (χ4v) is 3.00. The van der Waals surface area contributed by atoms with E-state index in [4.69, 9.17) is 34.8 Å². The standard InChI is InChI=1S/C16H9Cl3N4O2/c17-8-5-9(18)14(10(19)6-8)23-22-13(7-24)15-16(25)21-12-4-2-1-3-11(12)20-15/h1-7,23H,(H,21,25)/b22-13+. The lowest BCUT2D eigenvalue weighted by Gasteiger charge is -2.07. The summed E-state index contributed by atoms with van der Waals surface area (Å²) >= 11 is 17.9. The third-order valence-corrected chi connectivity index (χ3v) is 4.06. The van der Waals surface area contributed by atoms with E-state index in [1.54, 1.807) is 24.3 Å². The maximum atomic E-state index is 12.2. The van der Waals surface area contributed by atoms with Gasteiger partial charge in [0.05, 0.1) is 26.8 Å². The zero-order chi connectivity index (χ0) is 18.0. The lowest BCUT2D eigenvalue weighted by molar-refractivity contribution is -0.102. The Morgan fingerprint density at radius 1 is 1.16 bits per heavy atom. The molecule has 0 aliphatic carbocycles. The maximum absolute atomic E-state index is 12.2. The van der Waals surface area contributed by atoms with Gasteiger partial charge in [0.2, 0.25) is 0 Å².